The summed E-state index contributed by atoms with van der Waals surface area (Å²) in [5.74, 6) is -3.90. The molecule has 1 aliphatic heterocycles. The Kier molecular flexibility index (Phi) is 4.92. The summed E-state index contributed by atoms with van der Waals surface area (Å²) < 4.78 is 55.4. The Balaban J connectivity index is 1.66. The summed E-state index contributed by atoms with van der Waals surface area (Å²) in [6.07, 6.45) is -5.03. The lowest BCUT2D eigenvalue weighted by atomic mass is 9.44. The predicted octanol–water partition coefficient (Wildman–Crippen LogP) is 4.13. The monoisotopic (exact) mass is 490 g/mol. The van der Waals surface area contributed by atoms with Crippen molar-refractivity contribution in [2.75, 3.05) is 0 Å². The molecule has 5 aliphatic rings. The fourth-order valence-corrected chi connectivity index (χ4v) is 8.78. The van der Waals surface area contributed by atoms with E-state index < -0.39 is 69.5 Å². The second-order valence-electron chi connectivity index (χ2n) is 11.5. The molecule has 9 heteroatoms. The number of aliphatic hydroxyl groups is 1. The van der Waals surface area contributed by atoms with Crippen molar-refractivity contribution in [2.24, 2.45) is 22.7 Å². The van der Waals surface area contributed by atoms with Crippen LogP contribution in [-0.4, -0.2) is 57.7 Å². The van der Waals surface area contributed by atoms with E-state index >= 15 is 4.39 Å². The molecule has 0 aromatic rings. The molecule has 0 radical (unpaired) electrons. The van der Waals surface area contributed by atoms with Gasteiger partial charge >= 0.3 is 0 Å². The van der Waals surface area contributed by atoms with E-state index in [-0.39, 0.29) is 31.5 Å². The normalized spacial score (nSPS) is 52.6. The third kappa shape index (κ3) is 2.67. The summed E-state index contributed by atoms with van der Waals surface area (Å²) in [5.41, 5.74) is -3.87. The van der Waals surface area contributed by atoms with Gasteiger partial charge in [-0.05, 0) is 63.0 Å². The van der Waals surface area contributed by atoms with Gasteiger partial charge < -0.3 is 14.6 Å². The highest BCUT2D eigenvalue weighted by atomic mass is 35.5. The number of hydrogen-bond acceptors (Lipinski definition) is 5. The van der Waals surface area contributed by atoms with Gasteiger partial charge in [0.25, 0.3) is 6.43 Å². The smallest absolute Gasteiger partial charge is 0.299 e. The van der Waals surface area contributed by atoms with Crippen LogP contribution in [0.25, 0.3) is 0 Å². The average Bonchev–Trinajstić information content (AvgIpc) is 3.11. The molecule has 3 saturated carbocycles. The van der Waals surface area contributed by atoms with Crippen LogP contribution >= 0.6 is 11.6 Å². The molecule has 5 rings (SSSR count). The Morgan fingerprint density at radius 2 is 1.88 bits per heavy atom. The number of hydrogen-bond donors (Lipinski definition) is 1. The van der Waals surface area contributed by atoms with E-state index in [0.29, 0.717) is 12.0 Å². The molecule has 4 fully saturated rings. The van der Waals surface area contributed by atoms with Crippen molar-refractivity contribution in [3.63, 3.8) is 0 Å². The molecule has 0 aromatic heterocycles. The van der Waals surface area contributed by atoms with E-state index in [4.69, 9.17) is 21.1 Å². The van der Waals surface area contributed by atoms with Crippen molar-refractivity contribution in [3.8, 4) is 0 Å². The van der Waals surface area contributed by atoms with Gasteiger partial charge in [0.05, 0.1) is 17.1 Å². The van der Waals surface area contributed by atoms with E-state index in [1.54, 1.807) is 27.7 Å². The highest BCUT2D eigenvalue weighted by molar-refractivity contribution is 6.26. The molecule has 184 valence electrons. The Morgan fingerprint density at radius 1 is 1.21 bits per heavy atom. The molecule has 0 unspecified atom stereocenters. The van der Waals surface area contributed by atoms with Crippen LogP contribution < -0.4 is 0 Å². The number of ketones is 2. The van der Waals surface area contributed by atoms with Gasteiger partial charge in [0.2, 0.25) is 5.78 Å². The summed E-state index contributed by atoms with van der Waals surface area (Å²) in [6, 6.07) is 0. The van der Waals surface area contributed by atoms with E-state index in [1.165, 1.54) is 6.08 Å². The van der Waals surface area contributed by atoms with Crippen LogP contribution in [-0.2, 0) is 19.1 Å². The quantitative estimate of drug-likeness (QED) is 0.589. The zero-order chi connectivity index (χ0) is 24.4. The number of rotatable bonds is 2. The van der Waals surface area contributed by atoms with Crippen LogP contribution in [0.15, 0.2) is 11.6 Å². The molecule has 1 N–H and O–H groups in total. The van der Waals surface area contributed by atoms with E-state index in [1.807, 2.05) is 0 Å². The van der Waals surface area contributed by atoms with E-state index in [9.17, 15) is 23.5 Å². The number of aliphatic hydroxyl groups excluding tert-OH is 1. The lowest BCUT2D eigenvalue weighted by molar-refractivity contribution is -0.227. The molecule has 0 aromatic carbocycles. The maximum atomic E-state index is 15.6. The minimum atomic E-state index is -3.28. The van der Waals surface area contributed by atoms with Gasteiger partial charge in [-0.1, -0.05) is 13.8 Å². The molecule has 4 aliphatic carbocycles. The molecular weight excluding hydrogens is 461 g/mol. The fourth-order valence-electron chi connectivity index (χ4n) is 8.26. The highest BCUT2D eigenvalue weighted by Crippen LogP contribution is 2.73. The SMILES string of the molecule is CC1(C)O[C@@H]2C[C@H]3[C@@H]4C[C@H](F)C5=CC(=O)CC[C@]5(C)[C@@]4(Cl)[C@@H](O)C[C@]3(C)[C@]2(C(=O)C(F)F)O1. The first-order valence-electron chi connectivity index (χ1n) is 11.6. The minimum Gasteiger partial charge on any atom is -0.391 e. The Bertz CT molecular complexity index is 954. The van der Waals surface area contributed by atoms with Crippen LogP contribution in [0.5, 0.6) is 0 Å². The maximum Gasteiger partial charge on any atom is 0.299 e. The van der Waals surface area contributed by atoms with Crippen LogP contribution in [0.1, 0.15) is 59.8 Å². The Labute approximate surface area is 196 Å². The van der Waals surface area contributed by atoms with Crippen LogP contribution in [0.2, 0.25) is 0 Å². The zero-order valence-corrected chi connectivity index (χ0v) is 19.9. The largest absolute Gasteiger partial charge is 0.391 e. The number of fused-ring (bicyclic) bond motifs is 7. The van der Waals surface area contributed by atoms with Crippen LogP contribution in [0.3, 0.4) is 0 Å². The van der Waals surface area contributed by atoms with Gasteiger partial charge in [-0.25, -0.2) is 13.2 Å². The van der Waals surface area contributed by atoms with Gasteiger partial charge in [-0.2, -0.15) is 0 Å². The number of carbonyl (C=O) groups is 2. The Hall–Kier alpha value is -0.960. The third-order valence-electron chi connectivity index (χ3n) is 9.58. The van der Waals surface area contributed by atoms with Crippen molar-refractivity contribution < 1.29 is 37.3 Å². The molecule has 5 nitrogen and oxygen atoms in total. The average molecular weight is 491 g/mol. The van der Waals surface area contributed by atoms with Crippen molar-refractivity contribution >= 4 is 23.2 Å². The summed E-state index contributed by atoms with van der Waals surface area (Å²) in [4.78, 5) is 23.8. The topological polar surface area (TPSA) is 72.8 Å². The number of carbonyl (C=O) groups excluding carboxylic acids is 2. The summed E-state index contributed by atoms with van der Waals surface area (Å²) in [6.45, 7) is 6.61. The molecule has 1 saturated heterocycles. The molecule has 9 atom stereocenters. The Morgan fingerprint density at radius 3 is 2.52 bits per heavy atom. The van der Waals surface area contributed by atoms with Gasteiger partial charge in [-0.15, -0.1) is 11.6 Å². The molecule has 33 heavy (non-hydrogen) atoms. The third-order valence-corrected chi connectivity index (χ3v) is 10.5. The standard InChI is InChI=1S/C24H30ClF3O5/c1-20(2)32-17-9-12-13-8-15(26)14-7-11(29)5-6-21(14,3)23(13,25)16(30)10-22(12,4)24(17,33-20)18(31)19(27)28/h7,12-13,15-17,19,30H,5-6,8-10H2,1-4H3/t12-,13-,15-,16-,17+,21-,22-,23-,24-/m0/s1. The first-order valence-corrected chi connectivity index (χ1v) is 12.0. The summed E-state index contributed by atoms with van der Waals surface area (Å²) in [5, 5.41) is 11.6. The first-order chi connectivity index (χ1) is 15.1. The second-order valence-corrected chi connectivity index (χ2v) is 12.1. The number of Topliss-reactive ketones (excluding diaryl/α,β-unsaturated/α-hetero) is 1. The zero-order valence-electron chi connectivity index (χ0n) is 19.2. The van der Waals surface area contributed by atoms with Gasteiger partial charge in [-0.3, -0.25) is 9.59 Å². The summed E-state index contributed by atoms with van der Waals surface area (Å²) >= 11 is 7.30. The number of halogens is 4. The second kappa shape index (κ2) is 6.83. The number of allylic oxidation sites excluding steroid dienone is 1. The molecule has 0 amide bonds. The minimum absolute atomic E-state index is 0.0649. The van der Waals surface area contributed by atoms with E-state index in [2.05, 4.69) is 0 Å². The lowest BCUT2D eigenvalue weighted by Crippen LogP contribution is -2.71. The van der Waals surface area contributed by atoms with Crippen molar-refractivity contribution in [2.45, 2.75) is 101 Å². The molecule has 0 bridgehead atoms. The molecule has 0 spiro atoms. The van der Waals surface area contributed by atoms with Gasteiger partial charge in [0.15, 0.2) is 17.2 Å². The van der Waals surface area contributed by atoms with Crippen molar-refractivity contribution in [3.05, 3.63) is 11.6 Å². The van der Waals surface area contributed by atoms with E-state index in [0.717, 1.165) is 0 Å². The highest BCUT2D eigenvalue weighted by Gasteiger charge is 2.80. The van der Waals surface area contributed by atoms with Crippen LogP contribution in [0.4, 0.5) is 13.2 Å². The number of ether oxygens (including phenoxy) is 2. The fraction of sp³-hybridized carbons (Fsp3) is 0.833. The van der Waals surface area contributed by atoms with Crippen molar-refractivity contribution in [1.29, 1.82) is 0 Å². The summed E-state index contributed by atoms with van der Waals surface area (Å²) in [7, 11) is 0. The van der Waals surface area contributed by atoms with Crippen molar-refractivity contribution in [1.82, 2.24) is 0 Å². The lowest BCUT2D eigenvalue weighted by Gasteiger charge is -2.65. The van der Waals surface area contributed by atoms with Crippen LogP contribution in [0, 0.1) is 22.7 Å². The van der Waals surface area contributed by atoms with Gasteiger partial charge in [0.1, 0.15) is 6.17 Å². The first kappa shape index (κ1) is 23.8. The number of alkyl halides is 4. The maximum absolute atomic E-state index is 15.6. The molecule has 1 heterocycles. The van der Waals surface area contributed by atoms with Gasteiger partial charge in [0, 0.05) is 17.3 Å². The molecular formula is C24H30ClF3O5. The predicted molar refractivity (Wildman–Crippen MR) is 113 cm³/mol.